The third-order valence-corrected chi connectivity index (χ3v) is 4.23. The molecule has 0 saturated carbocycles. The number of amides is 2. The van der Waals surface area contributed by atoms with Gasteiger partial charge in [-0.2, -0.15) is 0 Å². The summed E-state index contributed by atoms with van der Waals surface area (Å²) in [5, 5.41) is 6.18. The van der Waals surface area contributed by atoms with Gasteiger partial charge in [-0.05, 0) is 38.3 Å². The van der Waals surface area contributed by atoms with Crippen molar-refractivity contribution in [1.82, 2.24) is 15.5 Å². The van der Waals surface area contributed by atoms with E-state index < -0.39 is 6.04 Å². The van der Waals surface area contributed by atoms with E-state index in [-0.39, 0.29) is 11.8 Å². The van der Waals surface area contributed by atoms with Crippen molar-refractivity contribution in [2.75, 3.05) is 39.4 Å². The van der Waals surface area contributed by atoms with Gasteiger partial charge in [0.25, 0.3) is 0 Å². The Labute approximate surface area is 126 Å². The number of ether oxygens (including phenoxy) is 1. The molecule has 2 heterocycles. The molecule has 2 amide bonds. The maximum absolute atomic E-state index is 12.4. The van der Waals surface area contributed by atoms with E-state index in [2.05, 4.69) is 10.6 Å². The molecule has 0 radical (unpaired) electrons. The van der Waals surface area contributed by atoms with Crippen LogP contribution in [0.4, 0.5) is 0 Å². The van der Waals surface area contributed by atoms with E-state index in [1.54, 1.807) is 4.90 Å². The molecule has 6 nitrogen and oxygen atoms in total. The first kappa shape index (κ1) is 16.2. The summed E-state index contributed by atoms with van der Waals surface area (Å²) in [7, 11) is 0. The van der Waals surface area contributed by atoms with Crippen LogP contribution in [0, 0.1) is 5.92 Å². The fraction of sp³-hybridized carbons (Fsp3) is 0.867. The highest BCUT2D eigenvalue weighted by molar-refractivity contribution is 5.88. The van der Waals surface area contributed by atoms with Crippen LogP contribution in [0.3, 0.4) is 0 Å². The standard InChI is InChI=1S/C15H27N3O3/c1-2-6-17-15(20)13-11-21-9-8-18(13)14(19)4-3-12-5-7-16-10-12/h12-13,16H,2-11H2,1H3,(H,17,20). The predicted molar refractivity (Wildman–Crippen MR) is 79.8 cm³/mol. The maximum atomic E-state index is 12.4. The van der Waals surface area contributed by atoms with Gasteiger partial charge in [-0.1, -0.05) is 6.92 Å². The Bertz CT molecular complexity index is 356. The number of hydrogen-bond donors (Lipinski definition) is 2. The van der Waals surface area contributed by atoms with Crippen LogP contribution in [0.1, 0.15) is 32.6 Å². The van der Waals surface area contributed by atoms with Crippen LogP contribution >= 0.6 is 0 Å². The minimum absolute atomic E-state index is 0.0850. The zero-order valence-corrected chi connectivity index (χ0v) is 12.9. The lowest BCUT2D eigenvalue weighted by atomic mass is 10.0. The van der Waals surface area contributed by atoms with Crippen LogP contribution in [-0.2, 0) is 14.3 Å². The number of carbonyl (C=O) groups is 2. The molecule has 2 unspecified atom stereocenters. The van der Waals surface area contributed by atoms with Gasteiger partial charge in [0.15, 0.2) is 0 Å². The third-order valence-electron chi connectivity index (χ3n) is 4.23. The molecule has 2 atom stereocenters. The van der Waals surface area contributed by atoms with Crippen molar-refractivity contribution in [2.24, 2.45) is 5.92 Å². The molecule has 0 aromatic heterocycles. The molecule has 0 bridgehead atoms. The first-order valence-corrected chi connectivity index (χ1v) is 8.08. The molecule has 2 fully saturated rings. The molecule has 2 aliphatic rings. The molecule has 0 aromatic carbocycles. The van der Waals surface area contributed by atoms with Gasteiger partial charge >= 0.3 is 0 Å². The molecule has 2 aliphatic heterocycles. The average Bonchev–Trinajstić information content (AvgIpc) is 3.03. The predicted octanol–water partition coefficient (Wildman–Crippen LogP) is 0.130. The molecular weight excluding hydrogens is 270 g/mol. The summed E-state index contributed by atoms with van der Waals surface area (Å²) < 4.78 is 5.38. The molecule has 2 N–H and O–H groups in total. The van der Waals surface area contributed by atoms with Crippen LogP contribution < -0.4 is 10.6 Å². The van der Waals surface area contributed by atoms with Crippen molar-refractivity contribution in [3.63, 3.8) is 0 Å². The molecule has 120 valence electrons. The summed E-state index contributed by atoms with van der Waals surface area (Å²) in [6, 6.07) is -0.459. The monoisotopic (exact) mass is 297 g/mol. The fourth-order valence-electron chi connectivity index (χ4n) is 2.92. The Kier molecular flexibility index (Phi) is 6.45. The second-order valence-electron chi connectivity index (χ2n) is 5.87. The Balaban J connectivity index is 1.84. The quantitative estimate of drug-likeness (QED) is 0.731. The van der Waals surface area contributed by atoms with Gasteiger partial charge in [0.1, 0.15) is 6.04 Å². The van der Waals surface area contributed by atoms with Crippen LogP contribution in [-0.4, -0.2) is 62.1 Å². The summed E-state index contributed by atoms with van der Waals surface area (Å²) in [5.41, 5.74) is 0. The molecule has 0 aliphatic carbocycles. The number of rotatable bonds is 6. The lowest BCUT2D eigenvalue weighted by molar-refractivity contribution is -0.148. The van der Waals surface area contributed by atoms with Crippen molar-refractivity contribution in [3.05, 3.63) is 0 Å². The molecule has 2 saturated heterocycles. The highest BCUT2D eigenvalue weighted by atomic mass is 16.5. The van der Waals surface area contributed by atoms with Crippen molar-refractivity contribution in [1.29, 1.82) is 0 Å². The van der Waals surface area contributed by atoms with Crippen molar-refractivity contribution in [2.45, 2.75) is 38.6 Å². The van der Waals surface area contributed by atoms with Gasteiger partial charge in [-0.15, -0.1) is 0 Å². The number of hydrogen-bond acceptors (Lipinski definition) is 4. The minimum atomic E-state index is -0.459. The highest BCUT2D eigenvalue weighted by Gasteiger charge is 2.32. The van der Waals surface area contributed by atoms with Crippen LogP contribution in [0.15, 0.2) is 0 Å². The number of morpholine rings is 1. The Morgan fingerprint density at radius 3 is 3.00 bits per heavy atom. The van der Waals surface area contributed by atoms with Crippen LogP contribution in [0.25, 0.3) is 0 Å². The lowest BCUT2D eigenvalue weighted by Gasteiger charge is -2.34. The topological polar surface area (TPSA) is 70.7 Å². The van der Waals surface area contributed by atoms with E-state index in [1.807, 2.05) is 6.92 Å². The summed E-state index contributed by atoms with van der Waals surface area (Å²) in [6.07, 6.45) is 3.48. The molecule has 21 heavy (non-hydrogen) atoms. The SMILES string of the molecule is CCCNC(=O)C1COCCN1C(=O)CCC1CCNC1. The normalized spacial score (nSPS) is 25.9. The molecule has 2 rings (SSSR count). The van der Waals surface area contributed by atoms with E-state index in [1.165, 1.54) is 0 Å². The summed E-state index contributed by atoms with van der Waals surface area (Å²) in [5.74, 6) is 0.594. The Morgan fingerprint density at radius 1 is 1.43 bits per heavy atom. The Morgan fingerprint density at radius 2 is 2.29 bits per heavy atom. The smallest absolute Gasteiger partial charge is 0.245 e. The van der Waals surface area contributed by atoms with Crippen molar-refractivity contribution in [3.8, 4) is 0 Å². The first-order chi connectivity index (χ1) is 10.2. The molecule has 0 aromatic rings. The highest BCUT2D eigenvalue weighted by Crippen LogP contribution is 2.17. The van der Waals surface area contributed by atoms with E-state index in [0.717, 1.165) is 32.4 Å². The van der Waals surface area contributed by atoms with Gasteiger partial charge in [0.2, 0.25) is 11.8 Å². The zero-order chi connectivity index (χ0) is 15.1. The molecule has 0 spiro atoms. The second kappa shape index (κ2) is 8.34. The van der Waals surface area contributed by atoms with Crippen molar-refractivity contribution < 1.29 is 14.3 Å². The zero-order valence-electron chi connectivity index (χ0n) is 12.9. The summed E-state index contributed by atoms with van der Waals surface area (Å²) >= 11 is 0. The second-order valence-corrected chi connectivity index (χ2v) is 5.87. The lowest BCUT2D eigenvalue weighted by Crippen LogP contribution is -2.56. The third kappa shape index (κ3) is 4.68. The number of nitrogens with zero attached hydrogens (tertiary/aromatic N) is 1. The number of carbonyl (C=O) groups excluding carboxylic acids is 2. The van der Waals surface area contributed by atoms with Gasteiger partial charge in [-0.3, -0.25) is 9.59 Å². The van der Waals surface area contributed by atoms with Gasteiger partial charge < -0.3 is 20.3 Å². The van der Waals surface area contributed by atoms with Gasteiger partial charge in [-0.25, -0.2) is 0 Å². The number of nitrogens with one attached hydrogen (secondary N) is 2. The molecular formula is C15H27N3O3. The van der Waals surface area contributed by atoms with Gasteiger partial charge in [0, 0.05) is 19.5 Å². The van der Waals surface area contributed by atoms with Crippen LogP contribution in [0.5, 0.6) is 0 Å². The summed E-state index contributed by atoms with van der Waals surface area (Å²) in [6.45, 7) is 6.07. The Hall–Kier alpha value is -1.14. The van der Waals surface area contributed by atoms with E-state index in [9.17, 15) is 9.59 Å². The first-order valence-electron chi connectivity index (χ1n) is 8.08. The van der Waals surface area contributed by atoms with Gasteiger partial charge in [0.05, 0.1) is 13.2 Å². The minimum Gasteiger partial charge on any atom is -0.377 e. The largest absolute Gasteiger partial charge is 0.377 e. The fourth-order valence-corrected chi connectivity index (χ4v) is 2.92. The van der Waals surface area contributed by atoms with Crippen molar-refractivity contribution >= 4 is 11.8 Å². The average molecular weight is 297 g/mol. The van der Waals surface area contributed by atoms with E-state index >= 15 is 0 Å². The van der Waals surface area contributed by atoms with Crippen LogP contribution in [0.2, 0.25) is 0 Å². The van der Waals surface area contributed by atoms with E-state index in [4.69, 9.17) is 4.74 Å². The maximum Gasteiger partial charge on any atom is 0.245 e. The van der Waals surface area contributed by atoms with E-state index in [0.29, 0.717) is 38.6 Å². The molecule has 6 heteroatoms. The summed E-state index contributed by atoms with van der Waals surface area (Å²) in [4.78, 5) is 26.3.